The summed E-state index contributed by atoms with van der Waals surface area (Å²) >= 11 is 0. The maximum absolute atomic E-state index is 12.9. The van der Waals surface area contributed by atoms with Crippen LogP contribution in [0.1, 0.15) is 45.0 Å². The molecular weight excluding hydrogens is 212 g/mol. The molecule has 1 N–H and O–H groups in total. The third-order valence-electron chi connectivity index (χ3n) is 2.44. The number of rotatable bonds is 6. The molecule has 0 aliphatic rings. The quantitative estimate of drug-likeness (QED) is 0.815. The van der Waals surface area contributed by atoms with Gasteiger partial charge < -0.3 is 9.88 Å². The highest BCUT2D eigenvalue weighted by atomic mass is 19.3. The van der Waals surface area contributed by atoms with Gasteiger partial charge in [-0.25, -0.2) is 13.8 Å². The summed E-state index contributed by atoms with van der Waals surface area (Å²) in [6.45, 7) is 6.44. The van der Waals surface area contributed by atoms with Crippen LogP contribution in [0.2, 0.25) is 0 Å². The molecule has 1 aromatic heterocycles. The lowest BCUT2D eigenvalue weighted by atomic mass is 10.2. The molecule has 5 heteroatoms. The van der Waals surface area contributed by atoms with Gasteiger partial charge in [-0.1, -0.05) is 6.92 Å². The first kappa shape index (κ1) is 13.1. The summed E-state index contributed by atoms with van der Waals surface area (Å²) in [6.07, 6.45) is 1.53. The summed E-state index contributed by atoms with van der Waals surface area (Å²) in [7, 11) is 0. The maximum Gasteiger partial charge on any atom is 0.259 e. The van der Waals surface area contributed by atoms with E-state index in [1.54, 1.807) is 10.9 Å². The van der Waals surface area contributed by atoms with E-state index in [4.69, 9.17) is 0 Å². The Kier molecular flexibility index (Phi) is 4.86. The molecule has 0 bridgehead atoms. The van der Waals surface area contributed by atoms with Gasteiger partial charge in [0.2, 0.25) is 0 Å². The highest BCUT2D eigenvalue weighted by Crippen LogP contribution is 2.22. The van der Waals surface area contributed by atoms with Crippen molar-refractivity contribution in [2.45, 2.75) is 45.7 Å². The zero-order valence-corrected chi connectivity index (χ0v) is 9.95. The van der Waals surface area contributed by atoms with E-state index in [0.717, 1.165) is 6.42 Å². The minimum atomic E-state index is -2.42. The fraction of sp³-hybridized carbons (Fsp3) is 0.727. The first-order valence-electron chi connectivity index (χ1n) is 5.61. The second kappa shape index (κ2) is 5.94. The van der Waals surface area contributed by atoms with Crippen LogP contribution >= 0.6 is 0 Å². The van der Waals surface area contributed by atoms with Crippen molar-refractivity contribution in [2.75, 3.05) is 6.54 Å². The predicted octanol–water partition coefficient (Wildman–Crippen LogP) is 2.77. The fourth-order valence-corrected chi connectivity index (χ4v) is 1.61. The summed E-state index contributed by atoms with van der Waals surface area (Å²) in [4.78, 5) is 3.94. The smallest absolute Gasteiger partial charge is 0.259 e. The van der Waals surface area contributed by atoms with Gasteiger partial charge in [0.1, 0.15) is 6.04 Å². The standard InChI is InChI=1S/C11H19F2N3/c1-4-5-15-10(11(12)13)9-6-14-7-16(9)8(2)3/h6-8,10-11,15H,4-5H2,1-3H3. The molecule has 92 valence electrons. The van der Waals surface area contributed by atoms with Crippen molar-refractivity contribution in [3.63, 3.8) is 0 Å². The van der Waals surface area contributed by atoms with Crippen molar-refractivity contribution in [3.8, 4) is 0 Å². The Morgan fingerprint density at radius 2 is 2.12 bits per heavy atom. The van der Waals surface area contributed by atoms with Gasteiger partial charge in [0.25, 0.3) is 6.43 Å². The maximum atomic E-state index is 12.9. The second-order valence-corrected chi connectivity index (χ2v) is 4.09. The Bertz CT molecular complexity index is 310. The van der Waals surface area contributed by atoms with Crippen LogP contribution in [-0.4, -0.2) is 22.5 Å². The van der Waals surface area contributed by atoms with Crippen LogP contribution in [0.4, 0.5) is 8.78 Å². The monoisotopic (exact) mass is 231 g/mol. The minimum Gasteiger partial charge on any atom is -0.330 e. The highest BCUT2D eigenvalue weighted by Gasteiger charge is 2.25. The van der Waals surface area contributed by atoms with Crippen LogP contribution < -0.4 is 5.32 Å². The van der Waals surface area contributed by atoms with Gasteiger partial charge in [-0.2, -0.15) is 0 Å². The molecule has 0 aliphatic carbocycles. The molecule has 3 nitrogen and oxygen atoms in total. The van der Waals surface area contributed by atoms with Crippen LogP contribution in [0.5, 0.6) is 0 Å². The number of aromatic nitrogens is 2. The zero-order valence-electron chi connectivity index (χ0n) is 9.95. The van der Waals surface area contributed by atoms with Gasteiger partial charge in [0.05, 0.1) is 12.0 Å². The van der Waals surface area contributed by atoms with E-state index in [9.17, 15) is 8.78 Å². The van der Waals surface area contributed by atoms with E-state index >= 15 is 0 Å². The predicted molar refractivity (Wildman–Crippen MR) is 59.7 cm³/mol. The molecule has 0 saturated carbocycles. The van der Waals surface area contributed by atoms with E-state index < -0.39 is 12.5 Å². The Morgan fingerprint density at radius 3 is 2.62 bits per heavy atom. The lowest BCUT2D eigenvalue weighted by Crippen LogP contribution is -2.30. The van der Waals surface area contributed by atoms with Crippen molar-refractivity contribution in [1.82, 2.24) is 14.9 Å². The van der Waals surface area contributed by atoms with E-state index in [2.05, 4.69) is 10.3 Å². The Labute approximate surface area is 94.9 Å². The number of nitrogens with one attached hydrogen (secondary N) is 1. The van der Waals surface area contributed by atoms with Gasteiger partial charge in [0.15, 0.2) is 0 Å². The molecule has 0 spiro atoms. The van der Waals surface area contributed by atoms with Gasteiger partial charge in [-0.3, -0.25) is 0 Å². The van der Waals surface area contributed by atoms with Crippen LogP contribution in [-0.2, 0) is 0 Å². The molecule has 0 fully saturated rings. The van der Waals surface area contributed by atoms with Crippen molar-refractivity contribution in [1.29, 1.82) is 0 Å². The molecular formula is C11H19F2N3. The topological polar surface area (TPSA) is 29.9 Å². The summed E-state index contributed by atoms with van der Waals surface area (Å²) in [5, 5.41) is 2.86. The summed E-state index contributed by atoms with van der Waals surface area (Å²) < 4.78 is 27.6. The lowest BCUT2D eigenvalue weighted by molar-refractivity contribution is 0.0944. The minimum absolute atomic E-state index is 0.141. The van der Waals surface area contributed by atoms with Crippen LogP contribution in [0.3, 0.4) is 0 Å². The molecule has 1 unspecified atom stereocenters. The zero-order chi connectivity index (χ0) is 12.1. The normalized spacial score (nSPS) is 13.7. The molecule has 0 aliphatic heterocycles. The van der Waals surface area contributed by atoms with Crippen molar-refractivity contribution < 1.29 is 8.78 Å². The molecule has 1 rings (SSSR count). The summed E-state index contributed by atoms with van der Waals surface area (Å²) in [6, 6.07) is -0.785. The first-order chi connectivity index (χ1) is 7.57. The Morgan fingerprint density at radius 1 is 1.44 bits per heavy atom. The van der Waals surface area contributed by atoms with Gasteiger partial charge in [0, 0.05) is 12.2 Å². The number of alkyl halides is 2. The number of nitrogens with zero attached hydrogens (tertiary/aromatic N) is 2. The summed E-state index contributed by atoms with van der Waals surface area (Å²) in [5.41, 5.74) is 0.554. The van der Waals surface area contributed by atoms with Crippen molar-refractivity contribution >= 4 is 0 Å². The first-order valence-corrected chi connectivity index (χ1v) is 5.61. The molecule has 1 atom stereocenters. The average Bonchev–Trinajstić information content (AvgIpc) is 2.66. The van der Waals surface area contributed by atoms with E-state index in [1.807, 2.05) is 20.8 Å². The Hall–Kier alpha value is -0.970. The van der Waals surface area contributed by atoms with Gasteiger partial charge in [-0.15, -0.1) is 0 Å². The SMILES string of the molecule is CCCNC(c1cncn1C(C)C)C(F)F. The van der Waals surface area contributed by atoms with Crippen LogP contribution in [0, 0.1) is 0 Å². The molecule has 0 aromatic carbocycles. The second-order valence-electron chi connectivity index (χ2n) is 4.09. The summed E-state index contributed by atoms with van der Waals surface area (Å²) in [5.74, 6) is 0. The average molecular weight is 231 g/mol. The van der Waals surface area contributed by atoms with E-state index in [1.165, 1.54) is 6.20 Å². The molecule has 0 saturated heterocycles. The van der Waals surface area contributed by atoms with E-state index in [0.29, 0.717) is 12.2 Å². The van der Waals surface area contributed by atoms with Crippen LogP contribution in [0.25, 0.3) is 0 Å². The molecule has 16 heavy (non-hydrogen) atoms. The number of hydrogen-bond donors (Lipinski definition) is 1. The Balaban J connectivity index is 2.87. The third-order valence-corrected chi connectivity index (χ3v) is 2.44. The van der Waals surface area contributed by atoms with Crippen LogP contribution in [0.15, 0.2) is 12.5 Å². The molecule has 1 aromatic rings. The lowest BCUT2D eigenvalue weighted by Gasteiger charge is -2.21. The molecule has 0 radical (unpaired) electrons. The fourth-order valence-electron chi connectivity index (χ4n) is 1.61. The number of imidazole rings is 1. The van der Waals surface area contributed by atoms with Gasteiger partial charge >= 0.3 is 0 Å². The highest BCUT2D eigenvalue weighted by molar-refractivity contribution is 5.07. The molecule has 0 amide bonds. The van der Waals surface area contributed by atoms with Crippen molar-refractivity contribution in [2.24, 2.45) is 0 Å². The van der Waals surface area contributed by atoms with E-state index in [-0.39, 0.29) is 6.04 Å². The largest absolute Gasteiger partial charge is 0.330 e. The number of hydrogen-bond acceptors (Lipinski definition) is 2. The molecule has 1 heterocycles. The van der Waals surface area contributed by atoms with Gasteiger partial charge in [-0.05, 0) is 26.8 Å². The number of halogens is 2. The van der Waals surface area contributed by atoms with Crippen molar-refractivity contribution in [3.05, 3.63) is 18.2 Å². The third kappa shape index (κ3) is 3.01.